The second-order valence-electron chi connectivity index (χ2n) is 4.09. The van der Waals surface area contributed by atoms with E-state index < -0.39 is 0 Å². The Morgan fingerprint density at radius 3 is 2.84 bits per heavy atom. The van der Waals surface area contributed by atoms with Gasteiger partial charge in [-0.05, 0) is 52.9 Å². The van der Waals surface area contributed by atoms with Crippen LogP contribution in [-0.4, -0.2) is 17.1 Å². The third-order valence-corrected chi connectivity index (χ3v) is 4.24. The van der Waals surface area contributed by atoms with Gasteiger partial charge in [0.1, 0.15) is 11.6 Å². The van der Waals surface area contributed by atoms with E-state index in [0.29, 0.717) is 0 Å². The summed E-state index contributed by atoms with van der Waals surface area (Å²) >= 11 is 5.86. The van der Waals surface area contributed by atoms with E-state index in [1.807, 2.05) is 24.3 Å². The number of imidazole rings is 1. The van der Waals surface area contributed by atoms with Crippen LogP contribution in [0.2, 0.25) is 0 Å². The van der Waals surface area contributed by atoms with E-state index in [-0.39, 0.29) is 0 Å². The lowest BCUT2D eigenvalue weighted by Gasteiger charge is -2.01. The molecule has 1 heterocycles. The van der Waals surface area contributed by atoms with Crippen molar-refractivity contribution in [1.82, 2.24) is 9.97 Å². The fraction of sp³-hybridized carbons (Fsp3) is 0.0714. The van der Waals surface area contributed by atoms with Crippen LogP contribution in [-0.2, 0) is 0 Å². The monoisotopic (exact) mass is 428 g/mol. The number of nitrogens with zero attached hydrogens (tertiary/aromatic N) is 1. The highest BCUT2D eigenvalue weighted by Crippen LogP contribution is 2.30. The first kappa shape index (κ1) is 12.9. The first-order chi connectivity index (χ1) is 9.17. The zero-order valence-electron chi connectivity index (χ0n) is 10.1. The Morgan fingerprint density at radius 1 is 1.21 bits per heavy atom. The number of halogens is 2. The molecule has 0 spiro atoms. The largest absolute Gasteiger partial charge is 0.497 e. The SMILES string of the molecule is COc1ccc2nc(-c3cc(I)ccc3Br)[nH]c2c1. The van der Waals surface area contributed by atoms with E-state index in [1.54, 1.807) is 7.11 Å². The lowest BCUT2D eigenvalue weighted by molar-refractivity contribution is 0.415. The zero-order valence-corrected chi connectivity index (χ0v) is 13.8. The number of H-pyrrole nitrogens is 1. The number of rotatable bonds is 2. The van der Waals surface area contributed by atoms with Gasteiger partial charge in [0.15, 0.2) is 0 Å². The van der Waals surface area contributed by atoms with Gasteiger partial charge in [-0.25, -0.2) is 4.98 Å². The van der Waals surface area contributed by atoms with Gasteiger partial charge in [0.05, 0.1) is 18.1 Å². The average Bonchev–Trinajstić information content (AvgIpc) is 2.83. The number of ether oxygens (including phenoxy) is 1. The van der Waals surface area contributed by atoms with Crippen LogP contribution in [0.25, 0.3) is 22.4 Å². The van der Waals surface area contributed by atoms with Crippen molar-refractivity contribution in [3.05, 3.63) is 44.4 Å². The van der Waals surface area contributed by atoms with Gasteiger partial charge < -0.3 is 9.72 Å². The molecule has 0 aliphatic carbocycles. The normalized spacial score (nSPS) is 10.9. The van der Waals surface area contributed by atoms with Gasteiger partial charge in [-0.1, -0.05) is 15.9 Å². The summed E-state index contributed by atoms with van der Waals surface area (Å²) in [6, 6.07) is 12.0. The molecule has 3 aromatic rings. The van der Waals surface area contributed by atoms with E-state index in [4.69, 9.17) is 4.74 Å². The molecule has 3 nitrogen and oxygen atoms in total. The maximum absolute atomic E-state index is 5.22. The highest BCUT2D eigenvalue weighted by molar-refractivity contribution is 14.1. The molecule has 0 aliphatic rings. The molecule has 1 N–H and O–H groups in total. The minimum Gasteiger partial charge on any atom is -0.497 e. The van der Waals surface area contributed by atoms with Crippen LogP contribution in [0.5, 0.6) is 5.75 Å². The molecule has 0 unspecified atom stereocenters. The van der Waals surface area contributed by atoms with Crippen molar-refractivity contribution in [2.24, 2.45) is 0 Å². The smallest absolute Gasteiger partial charge is 0.139 e. The predicted octanol–water partition coefficient (Wildman–Crippen LogP) is 4.61. The van der Waals surface area contributed by atoms with Crippen molar-refractivity contribution >= 4 is 49.6 Å². The van der Waals surface area contributed by atoms with Crippen LogP contribution in [0.3, 0.4) is 0 Å². The Kier molecular flexibility index (Phi) is 3.49. The summed E-state index contributed by atoms with van der Waals surface area (Å²) in [4.78, 5) is 7.95. The predicted molar refractivity (Wildman–Crippen MR) is 88.5 cm³/mol. The minimum absolute atomic E-state index is 0.824. The van der Waals surface area contributed by atoms with Crippen LogP contribution in [0.15, 0.2) is 40.9 Å². The summed E-state index contributed by atoms with van der Waals surface area (Å²) in [6.45, 7) is 0. The highest BCUT2D eigenvalue weighted by atomic mass is 127. The number of hydrogen-bond donors (Lipinski definition) is 1. The van der Waals surface area contributed by atoms with Gasteiger partial charge in [-0.15, -0.1) is 0 Å². The molecule has 5 heteroatoms. The molecule has 0 radical (unpaired) electrons. The average molecular weight is 429 g/mol. The molecule has 2 aromatic carbocycles. The summed E-state index contributed by atoms with van der Waals surface area (Å²) < 4.78 is 7.42. The Bertz CT molecular complexity index is 754. The van der Waals surface area contributed by atoms with Crippen LogP contribution in [0, 0.1) is 3.57 Å². The van der Waals surface area contributed by atoms with Crippen LogP contribution in [0.4, 0.5) is 0 Å². The highest BCUT2D eigenvalue weighted by Gasteiger charge is 2.09. The second-order valence-corrected chi connectivity index (χ2v) is 6.19. The molecule has 96 valence electrons. The van der Waals surface area contributed by atoms with Crippen molar-refractivity contribution in [2.75, 3.05) is 7.11 Å². The fourth-order valence-corrected chi connectivity index (χ4v) is 2.85. The first-order valence-corrected chi connectivity index (χ1v) is 7.54. The molecule has 19 heavy (non-hydrogen) atoms. The molecule has 0 saturated heterocycles. The van der Waals surface area contributed by atoms with Crippen molar-refractivity contribution in [1.29, 1.82) is 0 Å². The van der Waals surface area contributed by atoms with Crippen LogP contribution < -0.4 is 4.74 Å². The molecule has 0 fully saturated rings. The molecular weight excluding hydrogens is 419 g/mol. The first-order valence-electron chi connectivity index (χ1n) is 5.66. The molecule has 0 aliphatic heterocycles. The number of benzene rings is 2. The topological polar surface area (TPSA) is 37.9 Å². The molecule has 0 atom stereocenters. The molecule has 0 saturated carbocycles. The number of methoxy groups -OCH3 is 1. The summed E-state index contributed by atoms with van der Waals surface area (Å²) in [5.41, 5.74) is 2.96. The Morgan fingerprint density at radius 2 is 2.05 bits per heavy atom. The third kappa shape index (κ3) is 2.49. The van der Waals surface area contributed by atoms with E-state index >= 15 is 0 Å². The van der Waals surface area contributed by atoms with E-state index in [0.717, 1.165) is 32.6 Å². The fourth-order valence-electron chi connectivity index (χ4n) is 1.92. The van der Waals surface area contributed by atoms with Crippen molar-refractivity contribution in [3.8, 4) is 17.1 Å². The lowest BCUT2D eigenvalue weighted by atomic mass is 10.2. The Balaban J connectivity index is 2.17. The second kappa shape index (κ2) is 5.13. The maximum Gasteiger partial charge on any atom is 0.139 e. The zero-order chi connectivity index (χ0) is 13.4. The number of hydrogen-bond acceptors (Lipinski definition) is 2. The van der Waals surface area contributed by atoms with Gasteiger partial charge in [-0.2, -0.15) is 0 Å². The van der Waals surface area contributed by atoms with E-state index in [9.17, 15) is 0 Å². The number of aromatic amines is 1. The molecule has 0 amide bonds. The van der Waals surface area contributed by atoms with Crippen LogP contribution >= 0.6 is 38.5 Å². The van der Waals surface area contributed by atoms with Crippen molar-refractivity contribution < 1.29 is 4.74 Å². The third-order valence-electron chi connectivity index (χ3n) is 2.87. The quantitative estimate of drug-likeness (QED) is 0.605. The van der Waals surface area contributed by atoms with E-state index in [2.05, 4.69) is 60.6 Å². The standard InChI is InChI=1S/C14H10BrIN2O/c1-19-9-3-5-12-13(7-9)18-14(17-12)10-6-8(16)2-4-11(10)15/h2-7H,1H3,(H,17,18). The number of fused-ring (bicyclic) bond motifs is 1. The van der Waals surface area contributed by atoms with Gasteiger partial charge in [-0.3, -0.25) is 0 Å². The van der Waals surface area contributed by atoms with Crippen molar-refractivity contribution in [2.45, 2.75) is 0 Å². The van der Waals surface area contributed by atoms with Gasteiger partial charge >= 0.3 is 0 Å². The lowest BCUT2D eigenvalue weighted by Crippen LogP contribution is -1.83. The molecular formula is C14H10BrIN2O. The number of aromatic nitrogens is 2. The van der Waals surface area contributed by atoms with Crippen LogP contribution in [0.1, 0.15) is 0 Å². The molecule has 1 aromatic heterocycles. The maximum atomic E-state index is 5.22. The summed E-state index contributed by atoms with van der Waals surface area (Å²) in [5, 5.41) is 0. The molecule has 0 bridgehead atoms. The summed E-state index contributed by atoms with van der Waals surface area (Å²) in [5.74, 6) is 1.68. The van der Waals surface area contributed by atoms with Crippen molar-refractivity contribution in [3.63, 3.8) is 0 Å². The van der Waals surface area contributed by atoms with E-state index in [1.165, 1.54) is 3.57 Å². The summed E-state index contributed by atoms with van der Waals surface area (Å²) in [6.07, 6.45) is 0. The minimum atomic E-state index is 0.824. The molecule has 3 rings (SSSR count). The number of nitrogens with one attached hydrogen (secondary N) is 1. The van der Waals surface area contributed by atoms with Gasteiger partial charge in [0.2, 0.25) is 0 Å². The Hall–Kier alpha value is -1.08. The van der Waals surface area contributed by atoms with Gasteiger partial charge in [0.25, 0.3) is 0 Å². The van der Waals surface area contributed by atoms with Gasteiger partial charge in [0, 0.05) is 19.7 Å². The summed E-state index contributed by atoms with van der Waals surface area (Å²) in [7, 11) is 1.66. The Labute approximate surface area is 132 Å².